The summed E-state index contributed by atoms with van der Waals surface area (Å²) in [5.74, 6) is 2.75. The second kappa shape index (κ2) is 5.44. The van der Waals surface area contributed by atoms with Crippen molar-refractivity contribution in [3.05, 3.63) is 29.6 Å². The largest absolute Gasteiger partial charge is 0.261 e. The number of hydrogen-bond acceptors (Lipinski definition) is 2. The Morgan fingerprint density at radius 2 is 2.33 bits per heavy atom. The van der Waals surface area contributed by atoms with Crippen molar-refractivity contribution in [1.82, 2.24) is 4.98 Å². The van der Waals surface area contributed by atoms with Crippen molar-refractivity contribution in [1.29, 1.82) is 0 Å². The van der Waals surface area contributed by atoms with Gasteiger partial charge in [-0.2, -0.15) is 11.8 Å². The van der Waals surface area contributed by atoms with Crippen LogP contribution in [0.5, 0.6) is 0 Å². The van der Waals surface area contributed by atoms with Crippen molar-refractivity contribution in [3.63, 3.8) is 0 Å². The van der Waals surface area contributed by atoms with Crippen LogP contribution in [0.3, 0.4) is 0 Å². The molecule has 0 aromatic carbocycles. The fraction of sp³-hybridized carbons (Fsp3) is 0.444. The van der Waals surface area contributed by atoms with Gasteiger partial charge in [0.2, 0.25) is 0 Å². The van der Waals surface area contributed by atoms with Crippen molar-refractivity contribution in [2.75, 3.05) is 11.6 Å². The van der Waals surface area contributed by atoms with Crippen molar-refractivity contribution in [3.8, 4) is 0 Å². The average Bonchev–Trinajstić information content (AvgIpc) is 2.09. The van der Waals surface area contributed by atoms with Gasteiger partial charge in [0.15, 0.2) is 0 Å². The standard InChI is InChI=1S/C9H12ClNS/c1-8-2-3-9(6-11-8)7-12-5-4-10/h2-3,6H,4-5,7H2,1H3. The monoisotopic (exact) mass is 201 g/mol. The number of rotatable bonds is 4. The highest BCUT2D eigenvalue weighted by molar-refractivity contribution is 7.98. The average molecular weight is 202 g/mol. The highest BCUT2D eigenvalue weighted by atomic mass is 35.5. The third kappa shape index (κ3) is 3.46. The number of aryl methyl sites for hydroxylation is 1. The predicted molar refractivity (Wildman–Crippen MR) is 55.9 cm³/mol. The van der Waals surface area contributed by atoms with E-state index in [4.69, 9.17) is 11.6 Å². The summed E-state index contributed by atoms with van der Waals surface area (Å²) in [6, 6.07) is 4.15. The Hall–Kier alpha value is -0.210. The number of aromatic nitrogens is 1. The van der Waals surface area contributed by atoms with Gasteiger partial charge >= 0.3 is 0 Å². The second-order valence-corrected chi connectivity index (χ2v) is 4.03. The molecule has 1 aromatic heterocycles. The Balaban J connectivity index is 2.37. The van der Waals surface area contributed by atoms with E-state index in [1.807, 2.05) is 30.9 Å². The molecule has 0 spiro atoms. The van der Waals surface area contributed by atoms with Crippen molar-refractivity contribution in [2.24, 2.45) is 0 Å². The molecule has 0 N–H and O–H groups in total. The Morgan fingerprint density at radius 1 is 1.50 bits per heavy atom. The maximum atomic E-state index is 5.56. The predicted octanol–water partition coefficient (Wildman–Crippen LogP) is 2.86. The van der Waals surface area contributed by atoms with Crippen LogP contribution in [0.1, 0.15) is 11.3 Å². The summed E-state index contributed by atoms with van der Waals surface area (Å²) in [5, 5.41) is 0. The van der Waals surface area contributed by atoms with Crippen molar-refractivity contribution in [2.45, 2.75) is 12.7 Å². The molecule has 1 aromatic rings. The summed E-state index contributed by atoms with van der Waals surface area (Å²) >= 11 is 7.40. The molecular weight excluding hydrogens is 190 g/mol. The van der Waals surface area contributed by atoms with Crippen LogP contribution in [0.15, 0.2) is 18.3 Å². The lowest BCUT2D eigenvalue weighted by Gasteiger charge is -1.99. The molecule has 0 fully saturated rings. The Kier molecular flexibility index (Phi) is 4.48. The van der Waals surface area contributed by atoms with Crippen LogP contribution in [0.2, 0.25) is 0 Å². The zero-order valence-electron chi connectivity index (χ0n) is 7.09. The molecule has 0 bridgehead atoms. The van der Waals surface area contributed by atoms with E-state index >= 15 is 0 Å². The number of halogens is 1. The van der Waals surface area contributed by atoms with Crippen LogP contribution >= 0.6 is 23.4 Å². The first-order valence-corrected chi connectivity index (χ1v) is 5.57. The topological polar surface area (TPSA) is 12.9 Å². The van der Waals surface area contributed by atoms with Gasteiger partial charge in [0.25, 0.3) is 0 Å². The van der Waals surface area contributed by atoms with Crippen LogP contribution in [0.25, 0.3) is 0 Å². The van der Waals surface area contributed by atoms with Gasteiger partial charge in [-0.15, -0.1) is 11.6 Å². The van der Waals surface area contributed by atoms with Gasteiger partial charge in [0.1, 0.15) is 0 Å². The van der Waals surface area contributed by atoms with Gasteiger partial charge in [0.05, 0.1) is 0 Å². The van der Waals surface area contributed by atoms with Crippen LogP contribution in [-0.4, -0.2) is 16.6 Å². The van der Waals surface area contributed by atoms with E-state index in [1.165, 1.54) is 5.56 Å². The molecular formula is C9H12ClNS. The zero-order valence-corrected chi connectivity index (χ0v) is 8.66. The Labute approximate surface area is 82.5 Å². The number of alkyl halides is 1. The maximum absolute atomic E-state index is 5.56. The lowest BCUT2D eigenvalue weighted by molar-refractivity contribution is 1.16. The molecule has 0 aliphatic carbocycles. The van der Waals surface area contributed by atoms with Gasteiger partial charge in [0, 0.05) is 29.3 Å². The lowest BCUT2D eigenvalue weighted by atomic mass is 10.3. The summed E-state index contributed by atoms with van der Waals surface area (Å²) in [7, 11) is 0. The number of hydrogen-bond donors (Lipinski definition) is 0. The molecule has 0 unspecified atom stereocenters. The first kappa shape index (κ1) is 9.87. The van der Waals surface area contributed by atoms with Crippen LogP contribution in [0.4, 0.5) is 0 Å². The molecule has 0 saturated heterocycles. The molecule has 0 saturated carbocycles. The highest BCUT2D eigenvalue weighted by Gasteiger charge is 1.92. The lowest BCUT2D eigenvalue weighted by Crippen LogP contribution is -1.86. The Morgan fingerprint density at radius 3 is 2.92 bits per heavy atom. The molecule has 66 valence electrons. The van der Waals surface area contributed by atoms with Gasteiger partial charge in [-0.3, -0.25) is 4.98 Å². The molecule has 1 nitrogen and oxygen atoms in total. The van der Waals surface area contributed by atoms with Crippen LogP contribution < -0.4 is 0 Å². The number of nitrogens with zero attached hydrogens (tertiary/aromatic N) is 1. The minimum absolute atomic E-state index is 0.726. The number of thioether (sulfide) groups is 1. The molecule has 3 heteroatoms. The molecule has 1 heterocycles. The normalized spacial score (nSPS) is 10.2. The molecule has 0 amide bonds. The quantitative estimate of drug-likeness (QED) is 0.549. The highest BCUT2D eigenvalue weighted by Crippen LogP contribution is 2.11. The summed E-state index contributed by atoms with van der Waals surface area (Å²) in [6.07, 6.45) is 1.93. The molecule has 0 aliphatic heterocycles. The minimum Gasteiger partial charge on any atom is -0.261 e. The molecule has 0 atom stereocenters. The van der Waals surface area contributed by atoms with Gasteiger partial charge in [-0.1, -0.05) is 6.07 Å². The van der Waals surface area contributed by atoms with Gasteiger partial charge in [-0.05, 0) is 18.6 Å². The molecule has 0 aliphatic rings. The second-order valence-electron chi connectivity index (χ2n) is 2.55. The minimum atomic E-state index is 0.726. The molecule has 12 heavy (non-hydrogen) atoms. The summed E-state index contributed by atoms with van der Waals surface area (Å²) in [6.45, 7) is 2.00. The zero-order chi connectivity index (χ0) is 8.81. The van der Waals surface area contributed by atoms with E-state index in [0.29, 0.717) is 0 Å². The van der Waals surface area contributed by atoms with Gasteiger partial charge in [-0.25, -0.2) is 0 Å². The summed E-state index contributed by atoms with van der Waals surface area (Å²) in [4.78, 5) is 4.21. The van der Waals surface area contributed by atoms with E-state index in [1.54, 1.807) is 0 Å². The smallest absolute Gasteiger partial charge is 0.0372 e. The summed E-state index contributed by atoms with van der Waals surface area (Å²) in [5.41, 5.74) is 2.34. The molecule has 0 radical (unpaired) electrons. The summed E-state index contributed by atoms with van der Waals surface area (Å²) < 4.78 is 0. The van der Waals surface area contributed by atoms with Crippen molar-refractivity contribution >= 4 is 23.4 Å². The van der Waals surface area contributed by atoms with E-state index in [9.17, 15) is 0 Å². The Bertz CT molecular complexity index is 222. The fourth-order valence-corrected chi connectivity index (χ4v) is 1.82. The van der Waals surface area contributed by atoms with Crippen molar-refractivity contribution < 1.29 is 0 Å². The van der Waals surface area contributed by atoms with Crippen LogP contribution in [-0.2, 0) is 5.75 Å². The number of pyridine rings is 1. The van der Waals surface area contributed by atoms with E-state index in [-0.39, 0.29) is 0 Å². The van der Waals surface area contributed by atoms with E-state index in [0.717, 1.165) is 23.1 Å². The molecule has 1 rings (SSSR count). The first-order valence-electron chi connectivity index (χ1n) is 3.88. The third-order valence-corrected chi connectivity index (χ3v) is 2.91. The third-order valence-electron chi connectivity index (χ3n) is 1.46. The van der Waals surface area contributed by atoms with Crippen LogP contribution in [0, 0.1) is 6.92 Å². The van der Waals surface area contributed by atoms with E-state index < -0.39 is 0 Å². The van der Waals surface area contributed by atoms with Gasteiger partial charge < -0.3 is 0 Å². The fourth-order valence-electron chi connectivity index (χ4n) is 0.828. The van der Waals surface area contributed by atoms with E-state index in [2.05, 4.69) is 11.1 Å². The maximum Gasteiger partial charge on any atom is 0.0372 e. The SMILES string of the molecule is Cc1ccc(CSCCCl)cn1. The first-order chi connectivity index (χ1) is 5.83.